The van der Waals surface area contributed by atoms with Gasteiger partial charge in [-0.3, -0.25) is 9.69 Å². The molecule has 2 aromatic carbocycles. The first-order valence-electron chi connectivity index (χ1n) is 15.3. The largest absolute Gasteiger partial charge is 0.416 e. The lowest BCUT2D eigenvalue weighted by Crippen LogP contribution is -2.57. The number of benzene rings is 2. The summed E-state index contributed by atoms with van der Waals surface area (Å²) in [4.78, 5) is 36.8. The maximum Gasteiger partial charge on any atom is 0.416 e. The van der Waals surface area contributed by atoms with Crippen molar-refractivity contribution < 1.29 is 22.8 Å². The van der Waals surface area contributed by atoms with Crippen LogP contribution in [-0.2, 0) is 17.4 Å². The number of hydrogen-bond donors (Lipinski definition) is 1. The number of alkyl halides is 3. The quantitative estimate of drug-likeness (QED) is 0.338. The summed E-state index contributed by atoms with van der Waals surface area (Å²) in [6.45, 7) is 8.27. The minimum absolute atomic E-state index is 0.152. The summed E-state index contributed by atoms with van der Waals surface area (Å²) in [6.07, 6.45) is -3.88. The third-order valence-electron chi connectivity index (χ3n) is 8.77. The van der Waals surface area contributed by atoms with Crippen LogP contribution in [0.3, 0.4) is 0 Å². The zero-order chi connectivity index (χ0) is 33.2. The predicted molar refractivity (Wildman–Crippen MR) is 173 cm³/mol. The van der Waals surface area contributed by atoms with E-state index in [1.165, 1.54) is 6.07 Å². The molecule has 2 fully saturated rings. The van der Waals surface area contributed by atoms with Crippen molar-refractivity contribution >= 4 is 40.8 Å². The van der Waals surface area contributed by atoms with E-state index in [0.29, 0.717) is 72.5 Å². The first-order valence-corrected chi connectivity index (χ1v) is 16.0. The van der Waals surface area contributed by atoms with Crippen LogP contribution in [0.1, 0.15) is 49.9 Å². The lowest BCUT2D eigenvalue weighted by atomic mass is 9.94. The van der Waals surface area contributed by atoms with Gasteiger partial charge in [-0.15, -0.1) is 0 Å². The smallest absolute Gasteiger partial charge is 0.368 e. The molecular formula is C32H43Cl2F3N6O2. The molecule has 0 radical (unpaired) electrons. The topological polar surface area (TPSA) is 76.4 Å². The molecule has 0 spiro atoms. The van der Waals surface area contributed by atoms with E-state index in [2.05, 4.69) is 0 Å². The van der Waals surface area contributed by atoms with Crippen molar-refractivity contribution in [3.8, 4) is 0 Å². The summed E-state index contributed by atoms with van der Waals surface area (Å²) in [7, 11) is 3.79. The van der Waals surface area contributed by atoms with E-state index in [0.717, 1.165) is 12.1 Å². The average molecular weight is 672 g/mol. The number of anilines is 1. The first kappa shape index (κ1) is 35.1. The summed E-state index contributed by atoms with van der Waals surface area (Å²) in [6, 6.07) is 7.27. The van der Waals surface area contributed by atoms with Gasteiger partial charge in [0.15, 0.2) is 0 Å². The highest BCUT2D eigenvalue weighted by Gasteiger charge is 2.42. The molecule has 0 aliphatic carbocycles. The number of amides is 3. The molecule has 3 amide bonds. The van der Waals surface area contributed by atoms with Gasteiger partial charge in [-0.2, -0.15) is 13.2 Å². The SMILES string of the molecule is CC(C)CC(N)c1cc(C(F)(F)F)ccc1N1CCN(C(=O)C(Cc2ccc(Cl)cc2Cl)N2CCN(C(C)N(C)C)C2=O)CC1. The Morgan fingerprint density at radius 2 is 1.60 bits per heavy atom. The Kier molecular flexibility index (Phi) is 11.2. The van der Waals surface area contributed by atoms with Crippen LogP contribution in [0, 0.1) is 5.92 Å². The van der Waals surface area contributed by atoms with Gasteiger partial charge in [0.25, 0.3) is 0 Å². The molecule has 2 aliphatic rings. The second-order valence-corrected chi connectivity index (χ2v) is 13.4. The van der Waals surface area contributed by atoms with Gasteiger partial charge in [-0.25, -0.2) is 4.79 Å². The van der Waals surface area contributed by atoms with E-state index in [9.17, 15) is 22.8 Å². The fourth-order valence-electron chi connectivity index (χ4n) is 6.04. The number of nitrogens with two attached hydrogens (primary N) is 1. The molecule has 0 bridgehead atoms. The van der Waals surface area contributed by atoms with Crippen LogP contribution in [-0.4, -0.2) is 97.1 Å². The fourth-order valence-corrected chi connectivity index (χ4v) is 6.53. The Hall–Kier alpha value is -2.73. The van der Waals surface area contributed by atoms with Crippen molar-refractivity contribution in [3.05, 3.63) is 63.1 Å². The number of urea groups is 1. The molecule has 248 valence electrons. The Morgan fingerprint density at radius 3 is 2.18 bits per heavy atom. The van der Waals surface area contributed by atoms with Gasteiger partial charge in [0, 0.05) is 67.5 Å². The van der Waals surface area contributed by atoms with Crippen molar-refractivity contribution in [2.45, 2.75) is 58.0 Å². The minimum Gasteiger partial charge on any atom is -0.368 e. The molecule has 45 heavy (non-hydrogen) atoms. The summed E-state index contributed by atoms with van der Waals surface area (Å²) in [5, 5.41) is 0.893. The third-order valence-corrected chi connectivity index (χ3v) is 9.36. The number of carbonyl (C=O) groups is 2. The molecule has 0 aromatic heterocycles. The monoisotopic (exact) mass is 670 g/mol. The lowest BCUT2D eigenvalue weighted by molar-refractivity contribution is -0.138. The number of carbonyl (C=O) groups excluding carboxylic acids is 2. The van der Waals surface area contributed by atoms with Gasteiger partial charge in [0.2, 0.25) is 5.91 Å². The van der Waals surface area contributed by atoms with Crippen molar-refractivity contribution in [1.82, 2.24) is 19.6 Å². The maximum atomic E-state index is 14.2. The minimum atomic E-state index is -4.48. The number of halogens is 5. The standard InChI is InChI=1S/C32H43Cl2F3N6O2/c1-20(2)16-27(38)25-18-23(32(35,36)37)7-9-28(25)40-10-12-41(13-11-40)30(44)29(17-22-6-8-24(33)19-26(22)34)43-15-14-42(31(43)45)21(3)39(4)5/h6-9,18-21,27,29H,10-17,38H2,1-5H3. The second-order valence-electron chi connectivity index (χ2n) is 12.5. The van der Waals surface area contributed by atoms with Gasteiger partial charge in [-0.1, -0.05) is 43.1 Å². The molecule has 2 N–H and O–H groups in total. The zero-order valence-corrected chi connectivity index (χ0v) is 28.0. The van der Waals surface area contributed by atoms with E-state index in [4.69, 9.17) is 28.9 Å². The average Bonchev–Trinajstić information content (AvgIpc) is 3.35. The fraction of sp³-hybridized carbons (Fsp3) is 0.562. The van der Waals surface area contributed by atoms with Gasteiger partial charge in [0.05, 0.1) is 11.7 Å². The van der Waals surface area contributed by atoms with Crippen molar-refractivity contribution in [1.29, 1.82) is 0 Å². The van der Waals surface area contributed by atoms with Crippen LogP contribution in [0.5, 0.6) is 0 Å². The van der Waals surface area contributed by atoms with Crippen LogP contribution in [0.25, 0.3) is 0 Å². The van der Waals surface area contributed by atoms with Gasteiger partial charge in [-0.05, 0) is 74.8 Å². The summed E-state index contributed by atoms with van der Waals surface area (Å²) >= 11 is 12.6. The Bertz CT molecular complexity index is 1370. The Balaban J connectivity index is 1.56. The molecule has 0 saturated carbocycles. The molecule has 2 heterocycles. The highest BCUT2D eigenvalue weighted by atomic mass is 35.5. The normalized spacial score (nSPS) is 18.3. The van der Waals surface area contributed by atoms with Gasteiger partial charge < -0.3 is 25.3 Å². The molecule has 4 rings (SSSR count). The maximum absolute atomic E-state index is 14.2. The summed E-state index contributed by atoms with van der Waals surface area (Å²) in [5.74, 6) is 0.00500. The molecule has 13 heteroatoms. The predicted octanol–water partition coefficient (Wildman–Crippen LogP) is 5.96. The highest BCUT2D eigenvalue weighted by Crippen LogP contribution is 2.37. The molecular weight excluding hydrogens is 628 g/mol. The van der Waals surface area contributed by atoms with E-state index in [1.807, 2.05) is 44.7 Å². The molecule has 8 nitrogen and oxygen atoms in total. The third kappa shape index (κ3) is 8.17. The highest BCUT2D eigenvalue weighted by molar-refractivity contribution is 6.35. The number of piperazine rings is 1. The van der Waals surface area contributed by atoms with E-state index >= 15 is 0 Å². The lowest BCUT2D eigenvalue weighted by Gasteiger charge is -2.40. The van der Waals surface area contributed by atoms with E-state index in [1.54, 1.807) is 32.9 Å². The summed E-state index contributed by atoms with van der Waals surface area (Å²) in [5.41, 5.74) is 7.51. The van der Waals surface area contributed by atoms with E-state index < -0.39 is 23.8 Å². The van der Waals surface area contributed by atoms with Crippen molar-refractivity contribution in [2.24, 2.45) is 11.7 Å². The number of rotatable bonds is 10. The zero-order valence-electron chi connectivity index (χ0n) is 26.5. The number of hydrogen-bond acceptors (Lipinski definition) is 5. The molecule has 3 unspecified atom stereocenters. The first-order chi connectivity index (χ1) is 21.1. The van der Waals surface area contributed by atoms with Crippen molar-refractivity contribution in [3.63, 3.8) is 0 Å². The van der Waals surface area contributed by atoms with Crippen LogP contribution in [0.4, 0.5) is 23.7 Å². The number of nitrogens with zero attached hydrogens (tertiary/aromatic N) is 5. The summed E-state index contributed by atoms with van der Waals surface area (Å²) < 4.78 is 40.8. The second kappa shape index (κ2) is 14.4. The van der Waals surface area contributed by atoms with Crippen LogP contribution in [0.2, 0.25) is 10.0 Å². The van der Waals surface area contributed by atoms with Gasteiger partial charge in [0.1, 0.15) is 6.04 Å². The molecule has 3 atom stereocenters. The van der Waals surface area contributed by atoms with Gasteiger partial charge >= 0.3 is 12.2 Å². The van der Waals surface area contributed by atoms with Crippen molar-refractivity contribution in [2.75, 3.05) is 58.3 Å². The van der Waals surface area contributed by atoms with Crippen LogP contribution in [0.15, 0.2) is 36.4 Å². The molecule has 2 aliphatic heterocycles. The van der Waals surface area contributed by atoms with E-state index in [-0.39, 0.29) is 30.4 Å². The van der Waals surface area contributed by atoms with Crippen LogP contribution >= 0.6 is 23.2 Å². The molecule has 2 saturated heterocycles. The molecule has 2 aromatic rings. The Labute approximate surface area is 273 Å². The van der Waals surface area contributed by atoms with Crippen LogP contribution < -0.4 is 10.6 Å². The Morgan fingerprint density at radius 1 is 0.956 bits per heavy atom.